The molecule has 6 nitrogen and oxygen atoms in total. The molecular formula is C4H10Na2O6S. The van der Waals surface area contributed by atoms with Gasteiger partial charge in [0.2, 0.25) is 0 Å². The molecule has 0 aliphatic rings. The summed E-state index contributed by atoms with van der Waals surface area (Å²) in [5.41, 5.74) is 0. The molecule has 0 saturated heterocycles. The van der Waals surface area contributed by atoms with Crippen LogP contribution in [-0.2, 0) is 10.4 Å². The molecule has 0 heterocycles. The van der Waals surface area contributed by atoms with Crippen molar-refractivity contribution in [3.63, 3.8) is 0 Å². The average Bonchev–Trinajstić information content (AvgIpc) is 1.83. The first-order valence-electron chi connectivity index (χ1n) is 2.69. The van der Waals surface area contributed by atoms with Crippen LogP contribution in [0, 0.1) is 5.92 Å². The first-order chi connectivity index (χ1) is 4.81. The van der Waals surface area contributed by atoms with Crippen LogP contribution < -0.4 is 59.1 Å². The number of aliphatic hydroxyl groups is 2. The van der Waals surface area contributed by atoms with Crippen LogP contribution >= 0.6 is 0 Å². The Morgan fingerprint density at radius 2 is 1.31 bits per heavy atom. The van der Waals surface area contributed by atoms with E-state index in [0.29, 0.717) is 0 Å². The van der Waals surface area contributed by atoms with Crippen molar-refractivity contribution in [2.24, 2.45) is 5.92 Å². The van der Waals surface area contributed by atoms with Crippen molar-refractivity contribution >= 4 is 10.4 Å². The van der Waals surface area contributed by atoms with E-state index in [-0.39, 0.29) is 78.2 Å². The zero-order valence-corrected chi connectivity index (χ0v) is 12.7. The summed E-state index contributed by atoms with van der Waals surface area (Å²) >= 11 is 0. The van der Waals surface area contributed by atoms with Crippen LogP contribution in [0.3, 0.4) is 0 Å². The third-order valence-electron chi connectivity index (χ3n) is 0.623. The number of hydrogen-bond donors (Lipinski definition) is 2. The monoisotopic (exact) mass is 232 g/mol. The maximum Gasteiger partial charge on any atom is 1.00 e. The molecular weight excluding hydrogens is 222 g/mol. The summed E-state index contributed by atoms with van der Waals surface area (Å²) in [5.74, 6) is 0.0463. The standard InChI is InChI=1S/C4H10O2.2Na.H2O4S/c1-4(2-5)3-6;;;1-5(2,3)4/h4-6H,2-3H2,1H3;;;(H2,1,2,3,4)/q;2*+1;/p-2. The number of aliphatic hydroxyl groups excluding tert-OH is 2. The van der Waals surface area contributed by atoms with Gasteiger partial charge >= 0.3 is 59.1 Å². The molecule has 0 unspecified atom stereocenters. The molecule has 2 N–H and O–H groups in total. The number of rotatable bonds is 2. The van der Waals surface area contributed by atoms with Gasteiger partial charge in [-0.3, -0.25) is 8.42 Å². The van der Waals surface area contributed by atoms with E-state index in [1.54, 1.807) is 6.92 Å². The molecule has 13 heavy (non-hydrogen) atoms. The van der Waals surface area contributed by atoms with Crippen molar-refractivity contribution in [3.05, 3.63) is 0 Å². The van der Waals surface area contributed by atoms with Crippen molar-refractivity contribution in [2.45, 2.75) is 6.92 Å². The Balaban J connectivity index is -0.0000000546. The second kappa shape index (κ2) is 13.8. The molecule has 0 aromatic heterocycles. The van der Waals surface area contributed by atoms with Crippen LogP contribution in [0.5, 0.6) is 0 Å². The second-order valence-electron chi connectivity index (χ2n) is 1.88. The summed E-state index contributed by atoms with van der Waals surface area (Å²) < 4.78 is 34.1. The van der Waals surface area contributed by atoms with E-state index in [0.717, 1.165) is 0 Å². The van der Waals surface area contributed by atoms with Crippen molar-refractivity contribution in [3.8, 4) is 0 Å². The molecule has 9 heteroatoms. The topological polar surface area (TPSA) is 121 Å². The fourth-order valence-corrected chi connectivity index (χ4v) is 0.0577. The van der Waals surface area contributed by atoms with E-state index in [4.69, 9.17) is 27.7 Å². The Morgan fingerprint density at radius 1 is 1.15 bits per heavy atom. The van der Waals surface area contributed by atoms with Gasteiger partial charge in [0.1, 0.15) is 0 Å². The van der Waals surface area contributed by atoms with Crippen LogP contribution in [0.25, 0.3) is 0 Å². The summed E-state index contributed by atoms with van der Waals surface area (Å²) in [5, 5.41) is 16.3. The summed E-state index contributed by atoms with van der Waals surface area (Å²) in [6.45, 7) is 1.94. The second-order valence-corrected chi connectivity index (χ2v) is 2.70. The minimum atomic E-state index is -5.17. The smallest absolute Gasteiger partial charge is 0.759 e. The van der Waals surface area contributed by atoms with Crippen molar-refractivity contribution in [1.29, 1.82) is 0 Å². The van der Waals surface area contributed by atoms with Gasteiger partial charge in [-0.25, -0.2) is 0 Å². The molecule has 0 aliphatic heterocycles. The summed E-state index contributed by atoms with van der Waals surface area (Å²) in [7, 11) is -5.17. The predicted octanol–water partition coefficient (Wildman–Crippen LogP) is -7.72. The van der Waals surface area contributed by atoms with Gasteiger partial charge in [0.25, 0.3) is 0 Å². The SMILES string of the molecule is CC(CO)CO.O=S(=O)([O-])[O-].[Na+].[Na+]. The van der Waals surface area contributed by atoms with E-state index in [2.05, 4.69) is 0 Å². The van der Waals surface area contributed by atoms with Gasteiger partial charge in [0.15, 0.2) is 0 Å². The van der Waals surface area contributed by atoms with Gasteiger partial charge in [-0.05, 0) is 0 Å². The largest absolute Gasteiger partial charge is 1.00 e. The van der Waals surface area contributed by atoms with Crippen molar-refractivity contribution in [1.82, 2.24) is 0 Å². The molecule has 0 atom stereocenters. The zero-order valence-electron chi connectivity index (χ0n) is 7.93. The molecule has 0 radical (unpaired) electrons. The summed E-state index contributed by atoms with van der Waals surface area (Å²) in [6, 6.07) is 0. The van der Waals surface area contributed by atoms with Crippen LogP contribution in [0.2, 0.25) is 0 Å². The molecule has 0 aromatic rings. The van der Waals surface area contributed by atoms with E-state index in [1.807, 2.05) is 0 Å². The minimum Gasteiger partial charge on any atom is -0.759 e. The van der Waals surface area contributed by atoms with Gasteiger partial charge < -0.3 is 19.3 Å². The Hall–Kier alpha value is 1.79. The molecule has 0 aromatic carbocycles. The molecule has 0 amide bonds. The zero-order chi connectivity index (χ0) is 9.49. The fraction of sp³-hybridized carbons (Fsp3) is 1.00. The maximum absolute atomic E-state index is 8.52. The van der Waals surface area contributed by atoms with Crippen LogP contribution in [0.15, 0.2) is 0 Å². The first kappa shape index (κ1) is 24.2. The summed E-state index contributed by atoms with van der Waals surface area (Å²) in [4.78, 5) is 0. The van der Waals surface area contributed by atoms with Crippen LogP contribution in [-0.4, -0.2) is 41.0 Å². The van der Waals surface area contributed by atoms with E-state index < -0.39 is 10.4 Å². The maximum atomic E-state index is 8.52. The quantitative estimate of drug-likeness (QED) is 0.277. The minimum absolute atomic E-state index is 0. The van der Waals surface area contributed by atoms with Gasteiger partial charge in [-0.2, -0.15) is 0 Å². The third kappa shape index (κ3) is 57.2. The van der Waals surface area contributed by atoms with Crippen molar-refractivity contribution < 1.29 is 86.9 Å². The Bertz CT molecular complexity index is 157. The Morgan fingerprint density at radius 3 is 1.31 bits per heavy atom. The van der Waals surface area contributed by atoms with Crippen molar-refractivity contribution in [2.75, 3.05) is 13.2 Å². The normalized spacial score (nSPS) is 9.08. The van der Waals surface area contributed by atoms with Crippen LogP contribution in [0.4, 0.5) is 0 Å². The summed E-state index contributed by atoms with van der Waals surface area (Å²) in [6.07, 6.45) is 0. The molecule has 0 saturated carbocycles. The van der Waals surface area contributed by atoms with E-state index in [9.17, 15) is 0 Å². The van der Waals surface area contributed by atoms with E-state index >= 15 is 0 Å². The molecule has 0 aliphatic carbocycles. The number of hydrogen-bond acceptors (Lipinski definition) is 6. The van der Waals surface area contributed by atoms with Crippen LogP contribution in [0.1, 0.15) is 6.92 Å². The van der Waals surface area contributed by atoms with Gasteiger partial charge in [-0.15, -0.1) is 0 Å². The molecule has 0 rings (SSSR count). The molecule has 70 valence electrons. The predicted molar refractivity (Wildman–Crippen MR) is 33.8 cm³/mol. The van der Waals surface area contributed by atoms with E-state index in [1.165, 1.54) is 0 Å². The Kier molecular flexibility index (Phi) is 25.6. The first-order valence-corrected chi connectivity index (χ1v) is 4.03. The fourth-order valence-electron chi connectivity index (χ4n) is 0.0577. The molecule has 0 bridgehead atoms. The molecule has 0 fully saturated rings. The van der Waals surface area contributed by atoms with Gasteiger partial charge in [-0.1, -0.05) is 6.92 Å². The van der Waals surface area contributed by atoms with Gasteiger partial charge in [0.05, 0.1) is 0 Å². The molecule has 0 spiro atoms. The third-order valence-corrected chi connectivity index (χ3v) is 0.623. The average molecular weight is 232 g/mol. The Labute approximate surface area is 122 Å². The van der Waals surface area contributed by atoms with Gasteiger partial charge in [0, 0.05) is 29.5 Å².